The third kappa shape index (κ3) is 2.21. The van der Waals surface area contributed by atoms with Crippen LogP contribution in [0.15, 0.2) is 0 Å². The zero-order chi connectivity index (χ0) is 13.6. The van der Waals surface area contributed by atoms with Gasteiger partial charge in [-0.15, -0.1) is 0 Å². The summed E-state index contributed by atoms with van der Waals surface area (Å²) in [6, 6.07) is 0. The fraction of sp³-hybridized carbons (Fsp3) is 1.00. The molecule has 0 heterocycles. The Labute approximate surface area is 112 Å². The summed E-state index contributed by atoms with van der Waals surface area (Å²) < 4.78 is 6.06. The lowest BCUT2D eigenvalue weighted by Crippen LogP contribution is -2.39. The molecule has 2 aliphatic carbocycles. The Morgan fingerprint density at radius 1 is 1.33 bits per heavy atom. The smallest absolute Gasteiger partial charge is 0.0900 e. The van der Waals surface area contributed by atoms with E-state index in [1.165, 1.54) is 19.3 Å². The molecule has 106 valence electrons. The molecule has 0 aliphatic heterocycles. The molecule has 2 bridgehead atoms. The molecule has 2 fully saturated rings. The largest absolute Gasteiger partial charge is 0.389 e. The molecule has 2 rings (SSSR count). The molecule has 0 amide bonds. The van der Waals surface area contributed by atoms with Crippen LogP contribution in [0.2, 0.25) is 0 Å². The van der Waals surface area contributed by atoms with E-state index < -0.39 is 0 Å². The first-order valence-corrected chi connectivity index (χ1v) is 7.22. The van der Waals surface area contributed by atoms with E-state index in [9.17, 15) is 5.11 Å². The van der Waals surface area contributed by atoms with Gasteiger partial charge in [-0.3, -0.25) is 0 Å². The minimum atomic E-state index is -0.370. The van der Waals surface area contributed by atoms with Crippen molar-refractivity contribution in [3.63, 3.8) is 0 Å². The van der Waals surface area contributed by atoms with E-state index in [1.54, 1.807) is 0 Å². The fourth-order valence-electron chi connectivity index (χ4n) is 4.08. The third-order valence-corrected chi connectivity index (χ3v) is 5.78. The molecule has 2 saturated carbocycles. The summed E-state index contributed by atoms with van der Waals surface area (Å²) in [5.74, 6) is 0.804. The maximum Gasteiger partial charge on any atom is 0.0900 e. The Kier molecular flexibility index (Phi) is 3.79. The molecule has 18 heavy (non-hydrogen) atoms. The van der Waals surface area contributed by atoms with E-state index in [4.69, 9.17) is 4.74 Å². The van der Waals surface area contributed by atoms with Gasteiger partial charge >= 0.3 is 0 Å². The van der Waals surface area contributed by atoms with Gasteiger partial charge in [-0.25, -0.2) is 0 Å². The second-order valence-electron chi connectivity index (χ2n) is 7.35. The normalized spacial score (nSPS) is 39.5. The Balaban J connectivity index is 1.89. The van der Waals surface area contributed by atoms with Gasteiger partial charge in [-0.05, 0) is 50.1 Å². The topological polar surface area (TPSA) is 32.7 Å². The van der Waals surface area contributed by atoms with Gasteiger partial charge < -0.3 is 14.7 Å². The van der Waals surface area contributed by atoms with E-state index in [-0.39, 0.29) is 6.10 Å². The number of nitrogens with zero attached hydrogens (tertiary/aromatic N) is 1. The van der Waals surface area contributed by atoms with Crippen molar-refractivity contribution in [2.75, 3.05) is 27.2 Å². The summed E-state index contributed by atoms with van der Waals surface area (Å²) in [4.78, 5) is 2.00. The highest BCUT2D eigenvalue weighted by atomic mass is 16.5. The van der Waals surface area contributed by atoms with E-state index in [0.29, 0.717) is 30.1 Å². The van der Waals surface area contributed by atoms with Crippen molar-refractivity contribution in [2.45, 2.75) is 52.2 Å². The predicted molar refractivity (Wildman–Crippen MR) is 73.5 cm³/mol. The number of aliphatic hydroxyl groups excluding tert-OH is 1. The molecule has 1 N–H and O–H groups in total. The van der Waals surface area contributed by atoms with Crippen LogP contribution in [0.25, 0.3) is 0 Å². The fourth-order valence-corrected chi connectivity index (χ4v) is 4.08. The molecule has 0 saturated heterocycles. The van der Waals surface area contributed by atoms with Gasteiger partial charge in [-0.2, -0.15) is 0 Å². The molecule has 0 aromatic carbocycles. The van der Waals surface area contributed by atoms with Crippen LogP contribution in [0.5, 0.6) is 0 Å². The highest BCUT2D eigenvalue weighted by Crippen LogP contribution is 2.66. The number of likely N-dealkylation sites (N-methyl/N-ethyl adjacent to an activating group) is 1. The van der Waals surface area contributed by atoms with Crippen molar-refractivity contribution in [1.29, 1.82) is 0 Å². The lowest BCUT2D eigenvalue weighted by Gasteiger charge is -2.39. The van der Waals surface area contributed by atoms with E-state index in [2.05, 4.69) is 20.8 Å². The van der Waals surface area contributed by atoms with Crippen LogP contribution in [0.4, 0.5) is 0 Å². The average molecular weight is 255 g/mol. The molecule has 3 heteroatoms. The zero-order valence-corrected chi connectivity index (χ0v) is 12.6. The third-order valence-electron chi connectivity index (χ3n) is 5.78. The highest BCUT2D eigenvalue weighted by molar-refractivity contribution is 5.11. The molecule has 0 unspecified atom stereocenters. The zero-order valence-electron chi connectivity index (χ0n) is 12.6. The number of aliphatic hydroxyl groups is 1. The molecule has 0 spiro atoms. The second-order valence-corrected chi connectivity index (χ2v) is 7.35. The number of hydrogen-bond acceptors (Lipinski definition) is 3. The van der Waals surface area contributed by atoms with Crippen molar-refractivity contribution >= 4 is 0 Å². The van der Waals surface area contributed by atoms with Crippen LogP contribution < -0.4 is 0 Å². The van der Waals surface area contributed by atoms with Crippen LogP contribution in [0.1, 0.15) is 40.0 Å². The van der Waals surface area contributed by atoms with Crippen LogP contribution in [0, 0.1) is 16.7 Å². The van der Waals surface area contributed by atoms with Crippen LogP contribution in [-0.2, 0) is 4.74 Å². The minimum Gasteiger partial charge on any atom is -0.389 e. The first-order chi connectivity index (χ1) is 8.27. The van der Waals surface area contributed by atoms with Crippen LogP contribution in [0.3, 0.4) is 0 Å². The Morgan fingerprint density at radius 3 is 2.44 bits per heavy atom. The van der Waals surface area contributed by atoms with Crippen molar-refractivity contribution in [3.8, 4) is 0 Å². The van der Waals surface area contributed by atoms with Gasteiger partial charge in [0.1, 0.15) is 0 Å². The van der Waals surface area contributed by atoms with Gasteiger partial charge in [0, 0.05) is 6.54 Å². The Hall–Kier alpha value is -0.120. The van der Waals surface area contributed by atoms with Crippen molar-refractivity contribution in [2.24, 2.45) is 16.7 Å². The molecular formula is C15H29NO2. The van der Waals surface area contributed by atoms with Gasteiger partial charge in [0.2, 0.25) is 0 Å². The molecule has 4 atom stereocenters. The van der Waals surface area contributed by atoms with Gasteiger partial charge in [0.05, 0.1) is 18.8 Å². The van der Waals surface area contributed by atoms with Gasteiger partial charge in [0.25, 0.3) is 0 Å². The maximum absolute atomic E-state index is 9.90. The van der Waals surface area contributed by atoms with Crippen molar-refractivity contribution in [1.82, 2.24) is 4.90 Å². The van der Waals surface area contributed by atoms with Crippen LogP contribution >= 0.6 is 0 Å². The number of hydrogen-bond donors (Lipinski definition) is 1. The van der Waals surface area contributed by atoms with Crippen LogP contribution in [-0.4, -0.2) is 49.5 Å². The summed E-state index contributed by atoms with van der Waals surface area (Å²) >= 11 is 0. The lowest BCUT2D eigenvalue weighted by molar-refractivity contribution is -0.0776. The van der Waals surface area contributed by atoms with Crippen molar-refractivity contribution < 1.29 is 9.84 Å². The number of fused-ring (bicyclic) bond motifs is 2. The lowest BCUT2D eigenvalue weighted by atomic mass is 9.70. The SMILES string of the molecule is CN(C)C[C@@H](O)CO[C@@H]1C[C@H]2CC[C@]1(C)C2(C)C. The molecule has 0 radical (unpaired) electrons. The average Bonchev–Trinajstić information content (AvgIpc) is 2.57. The quantitative estimate of drug-likeness (QED) is 0.817. The monoisotopic (exact) mass is 255 g/mol. The standard InChI is InChI=1S/C15H29NO2/c1-14(2)11-6-7-15(14,3)13(8-11)18-10-12(17)9-16(4)5/h11-13,17H,6-10H2,1-5H3/t11-,12-,13-,15+/m1/s1. The van der Waals surface area contributed by atoms with E-state index in [0.717, 1.165) is 5.92 Å². The first kappa shape index (κ1) is 14.3. The summed E-state index contributed by atoms with van der Waals surface area (Å²) in [6.07, 6.45) is 3.77. The predicted octanol–water partition coefficient (Wildman–Crippen LogP) is 2.14. The second kappa shape index (κ2) is 4.77. The van der Waals surface area contributed by atoms with Gasteiger partial charge in [-0.1, -0.05) is 20.8 Å². The van der Waals surface area contributed by atoms with Crippen molar-refractivity contribution in [3.05, 3.63) is 0 Å². The van der Waals surface area contributed by atoms with Gasteiger partial charge in [0.15, 0.2) is 0 Å². The molecule has 0 aromatic rings. The number of ether oxygens (including phenoxy) is 1. The number of rotatable bonds is 5. The van der Waals surface area contributed by atoms with E-state index in [1.807, 2.05) is 19.0 Å². The summed E-state index contributed by atoms with van der Waals surface area (Å²) in [5.41, 5.74) is 0.694. The Morgan fingerprint density at radius 2 is 2.00 bits per heavy atom. The Bertz CT molecular complexity index is 303. The summed E-state index contributed by atoms with van der Waals surface area (Å²) in [7, 11) is 3.95. The maximum atomic E-state index is 9.90. The van der Waals surface area contributed by atoms with E-state index >= 15 is 0 Å². The molecular weight excluding hydrogens is 226 g/mol. The molecule has 0 aromatic heterocycles. The summed E-state index contributed by atoms with van der Waals surface area (Å²) in [6.45, 7) is 8.31. The minimum absolute atomic E-state index is 0.301. The summed E-state index contributed by atoms with van der Waals surface area (Å²) in [5, 5.41) is 9.90. The first-order valence-electron chi connectivity index (χ1n) is 7.22. The molecule has 3 nitrogen and oxygen atoms in total. The molecule has 2 aliphatic rings. The highest BCUT2D eigenvalue weighted by Gasteiger charge is 2.61.